The van der Waals surface area contributed by atoms with Gasteiger partial charge in [0, 0.05) is 50.5 Å². The Morgan fingerprint density at radius 3 is 2.69 bits per heavy atom. The van der Waals surface area contributed by atoms with Gasteiger partial charge in [0.2, 0.25) is 5.88 Å². The molecule has 5 rings (SSSR count). The molecule has 36 heavy (non-hydrogen) atoms. The lowest BCUT2D eigenvalue weighted by Crippen LogP contribution is -2.39. The summed E-state index contributed by atoms with van der Waals surface area (Å²) in [6.45, 7) is 3.94. The summed E-state index contributed by atoms with van der Waals surface area (Å²) in [6, 6.07) is 9.36. The van der Waals surface area contributed by atoms with Crippen LogP contribution < -0.4 is 25.4 Å². The molecular formula is C26H28N6O4. The Balaban J connectivity index is 1.32. The molecule has 0 aliphatic carbocycles. The maximum absolute atomic E-state index is 12.2. The Labute approximate surface area is 208 Å². The maximum Gasteiger partial charge on any atom is 0.269 e. The highest BCUT2D eigenvalue weighted by molar-refractivity contribution is 5.98. The van der Waals surface area contributed by atoms with Crippen LogP contribution in [0.15, 0.2) is 36.5 Å². The van der Waals surface area contributed by atoms with Crippen molar-refractivity contribution in [1.29, 1.82) is 0 Å². The lowest BCUT2D eigenvalue weighted by atomic mass is 9.96. The normalized spacial score (nSPS) is 15.4. The van der Waals surface area contributed by atoms with Crippen LogP contribution in [0.3, 0.4) is 0 Å². The van der Waals surface area contributed by atoms with E-state index in [0.717, 1.165) is 54.0 Å². The minimum atomic E-state index is -0.606. The van der Waals surface area contributed by atoms with Crippen LogP contribution in [0.2, 0.25) is 0 Å². The first kappa shape index (κ1) is 23.5. The molecule has 2 aliphatic rings. The lowest BCUT2D eigenvalue weighted by molar-refractivity contribution is 0.0963. The third-order valence-electron chi connectivity index (χ3n) is 6.75. The van der Waals surface area contributed by atoms with Crippen LogP contribution in [-0.4, -0.2) is 53.3 Å². The quantitative estimate of drug-likeness (QED) is 0.517. The van der Waals surface area contributed by atoms with Gasteiger partial charge in [-0.1, -0.05) is 12.1 Å². The van der Waals surface area contributed by atoms with Gasteiger partial charge in [-0.05, 0) is 41.3 Å². The number of aromatic nitrogens is 3. The summed E-state index contributed by atoms with van der Waals surface area (Å²) in [7, 11) is 1.58. The molecule has 2 aromatic heterocycles. The van der Waals surface area contributed by atoms with Gasteiger partial charge in [0.25, 0.3) is 11.8 Å². The largest absolute Gasteiger partial charge is 0.489 e. The second-order valence-electron chi connectivity index (χ2n) is 9.03. The number of piperidine rings is 1. The standard InChI is InChI=1S/C26H28N6O4/c1-15-21(12-16-3-5-20-17(11-16)13-29-26(20)34)23(24(27)33)30-31-25(15)32-9-7-18(8-10-32)36-19-4-6-22(35-2)28-14-19/h3-6,11,14,18H,7-10,12-13H2,1-2H3,(H2,27,33)(H,29,34). The van der Waals surface area contributed by atoms with Crippen LogP contribution in [0.4, 0.5) is 5.82 Å². The van der Waals surface area contributed by atoms with Crippen molar-refractivity contribution in [2.45, 2.75) is 38.8 Å². The number of nitrogens with zero attached hydrogens (tertiary/aromatic N) is 4. The maximum atomic E-state index is 12.2. The average Bonchev–Trinajstić information content (AvgIpc) is 3.26. The summed E-state index contributed by atoms with van der Waals surface area (Å²) in [5.74, 6) is 1.34. The Hall–Kier alpha value is -4.21. The van der Waals surface area contributed by atoms with Gasteiger partial charge in [-0.3, -0.25) is 9.59 Å². The van der Waals surface area contributed by atoms with Crippen molar-refractivity contribution in [2.75, 3.05) is 25.1 Å². The molecule has 3 N–H and O–H groups in total. The summed E-state index contributed by atoms with van der Waals surface area (Å²) < 4.78 is 11.2. The van der Waals surface area contributed by atoms with E-state index < -0.39 is 5.91 Å². The van der Waals surface area contributed by atoms with Crippen LogP contribution in [-0.2, 0) is 13.0 Å². The molecule has 2 aliphatic heterocycles. The van der Waals surface area contributed by atoms with E-state index in [0.29, 0.717) is 30.2 Å². The van der Waals surface area contributed by atoms with Crippen molar-refractivity contribution >= 4 is 17.6 Å². The number of ether oxygens (including phenoxy) is 2. The zero-order valence-electron chi connectivity index (χ0n) is 20.3. The number of primary amides is 1. The summed E-state index contributed by atoms with van der Waals surface area (Å²) in [6.07, 6.45) is 3.83. The van der Waals surface area contributed by atoms with Crippen LogP contribution >= 0.6 is 0 Å². The zero-order chi connectivity index (χ0) is 25.2. The fourth-order valence-corrected chi connectivity index (χ4v) is 4.79. The molecule has 0 bridgehead atoms. The van der Waals surface area contributed by atoms with Gasteiger partial charge in [0.05, 0.1) is 13.3 Å². The third-order valence-corrected chi connectivity index (χ3v) is 6.75. The lowest BCUT2D eigenvalue weighted by Gasteiger charge is -2.33. The fourth-order valence-electron chi connectivity index (χ4n) is 4.79. The molecule has 10 heteroatoms. The Bertz CT molecular complexity index is 1300. The number of amides is 2. The van der Waals surface area contributed by atoms with Crippen molar-refractivity contribution < 1.29 is 19.1 Å². The van der Waals surface area contributed by atoms with E-state index in [1.165, 1.54) is 0 Å². The van der Waals surface area contributed by atoms with E-state index in [1.807, 2.05) is 31.2 Å². The Kier molecular flexibility index (Phi) is 6.41. The number of nitrogens with two attached hydrogens (primary N) is 1. The minimum Gasteiger partial charge on any atom is -0.489 e. The number of hydrogen-bond acceptors (Lipinski definition) is 8. The van der Waals surface area contributed by atoms with Gasteiger partial charge >= 0.3 is 0 Å². The van der Waals surface area contributed by atoms with Gasteiger partial charge in [0.15, 0.2) is 11.5 Å². The predicted octanol–water partition coefficient (Wildman–Crippen LogP) is 2.17. The topological polar surface area (TPSA) is 133 Å². The Morgan fingerprint density at radius 2 is 2.00 bits per heavy atom. The second-order valence-corrected chi connectivity index (χ2v) is 9.03. The number of anilines is 1. The SMILES string of the molecule is COc1ccc(OC2CCN(c3nnc(C(N)=O)c(Cc4ccc5c(c4)CNC5=O)c3C)CC2)cn1. The number of rotatable bonds is 7. The molecule has 186 valence electrons. The molecule has 0 radical (unpaired) electrons. The zero-order valence-corrected chi connectivity index (χ0v) is 20.3. The van der Waals surface area contributed by atoms with Crippen molar-refractivity contribution in [2.24, 2.45) is 5.73 Å². The van der Waals surface area contributed by atoms with Crippen LogP contribution in [0.25, 0.3) is 0 Å². The number of methoxy groups -OCH3 is 1. The van der Waals surface area contributed by atoms with Crippen LogP contribution in [0.5, 0.6) is 11.6 Å². The molecule has 0 spiro atoms. The predicted molar refractivity (Wildman–Crippen MR) is 132 cm³/mol. The highest BCUT2D eigenvalue weighted by Gasteiger charge is 2.26. The molecule has 3 aromatic rings. The number of benzene rings is 1. The van der Waals surface area contributed by atoms with Crippen molar-refractivity contribution in [3.8, 4) is 11.6 Å². The van der Waals surface area contributed by atoms with Gasteiger partial charge in [0.1, 0.15) is 11.9 Å². The van der Waals surface area contributed by atoms with Gasteiger partial charge in [-0.2, -0.15) is 0 Å². The van der Waals surface area contributed by atoms with Gasteiger partial charge < -0.3 is 25.4 Å². The van der Waals surface area contributed by atoms with Crippen LogP contribution in [0, 0.1) is 6.92 Å². The van der Waals surface area contributed by atoms with Crippen molar-refractivity contribution in [1.82, 2.24) is 20.5 Å². The summed E-state index contributed by atoms with van der Waals surface area (Å²) in [4.78, 5) is 30.4. The number of fused-ring (bicyclic) bond motifs is 1. The fraction of sp³-hybridized carbons (Fsp3) is 0.346. The first-order valence-electron chi connectivity index (χ1n) is 11.9. The molecule has 1 saturated heterocycles. The van der Waals surface area contributed by atoms with E-state index in [-0.39, 0.29) is 17.7 Å². The van der Waals surface area contributed by atoms with E-state index in [4.69, 9.17) is 15.2 Å². The number of nitrogens with one attached hydrogen (secondary N) is 1. The average molecular weight is 489 g/mol. The van der Waals surface area contributed by atoms with E-state index in [2.05, 4.69) is 25.4 Å². The monoisotopic (exact) mass is 488 g/mol. The van der Waals surface area contributed by atoms with E-state index in [1.54, 1.807) is 19.4 Å². The van der Waals surface area contributed by atoms with Crippen molar-refractivity contribution in [3.63, 3.8) is 0 Å². The molecule has 4 heterocycles. The van der Waals surface area contributed by atoms with Gasteiger partial charge in [-0.25, -0.2) is 4.98 Å². The molecule has 10 nitrogen and oxygen atoms in total. The third kappa shape index (κ3) is 4.66. The molecule has 2 amide bonds. The highest BCUT2D eigenvalue weighted by Crippen LogP contribution is 2.29. The molecule has 0 saturated carbocycles. The number of pyridine rings is 1. The number of carbonyl (C=O) groups excluding carboxylic acids is 2. The molecular weight excluding hydrogens is 460 g/mol. The van der Waals surface area contributed by atoms with E-state index in [9.17, 15) is 9.59 Å². The van der Waals surface area contributed by atoms with Gasteiger partial charge in [-0.15, -0.1) is 10.2 Å². The Morgan fingerprint density at radius 1 is 1.19 bits per heavy atom. The smallest absolute Gasteiger partial charge is 0.269 e. The first-order valence-corrected chi connectivity index (χ1v) is 11.9. The van der Waals surface area contributed by atoms with Crippen molar-refractivity contribution in [3.05, 3.63) is 70.0 Å². The molecule has 0 unspecified atom stereocenters. The summed E-state index contributed by atoms with van der Waals surface area (Å²) in [5, 5.41) is 11.4. The molecule has 1 fully saturated rings. The number of carbonyl (C=O) groups is 2. The molecule has 0 atom stereocenters. The molecule has 1 aromatic carbocycles. The highest BCUT2D eigenvalue weighted by atomic mass is 16.5. The number of hydrogen-bond donors (Lipinski definition) is 2. The summed E-state index contributed by atoms with van der Waals surface area (Å²) in [5.41, 5.74) is 10.1. The minimum absolute atomic E-state index is 0.0611. The van der Waals surface area contributed by atoms with Crippen LogP contribution in [0.1, 0.15) is 55.9 Å². The second kappa shape index (κ2) is 9.80. The first-order chi connectivity index (χ1) is 17.4. The summed E-state index contributed by atoms with van der Waals surface area (Å²) >= 11 is 0. The van der Waals surface area contributed by atoms with E-state index >= 15 is 0 Å².